The fourth-order valence-corrected chi connectivity index (χ4v) is 3.64. The molecule has 2 rings (SSSR count). The summed E-state index contributed by atoms with van der Waals surface area (Å²) >= 11 is 0. The van der Waals surface area contributed by atoms with E-state index in [1.54, 1.807) is 0 Å². The standard InChI is InChI=1S/C12H15FN2O4S/c13-9-5-1-2-6-10(9)14-20(18,19)15-8-4-3-7-11(15)12(16)17/h1-2,5-6,11,14H,3-4,7-8H2,(H,16,17). The van der Waals surface area contributed by atoms with Gasteiger partial charge in [-0.05, 0) is 31.4 Å². The fourth-order valence-electron chi connectivity index (χ4n) is 2.18. The first-order valence-electron chi connectivity index (χ1n) is 6.19. The first-order chi connectivity index (χ1) is 9.42. The van der Waals surface area contributed by atoms with Crippen molar-refractivity contribution in [3.8, 4) is 0 Å². The molecule has 1 aromatic carbocycles. The van der Waals surface area contributed by atoms with Crippen molar-refractivity contribution >= 4 is 21.9 Å². The van der Waals surface area contributed by atoms with Gasteiger partial charge in [-0.1, -0.05) is 12.1 Å². The quantitative estimate of drug-likeness (QED) is 0.880. The summed E-state index contributed by atoms with van der Waals surface area (Å²) in [7, 11) is -4.09. The van der Waals surface area contributed by atoms with Crippen LogP contribution in [-0.4, -0.2) is 36.4 Å². The number of carboxylic acid groups (broad SMARTS) is 1. The van der Waals surface area contributed by atoms with Crippen molar-refractivity contribution in [2.75, 3.05) is 11.3 Å². The molecule has 1 atom stereocenters. The van der Waals surface area contributed by atoms with Gasteiger partial charge in [-0.25, -0.2) is 4.39 Å². The SMILES string of the molecule is O=C(O)C1CCCCN1S(=O)(=O)Nc1ccccc1F. The lowest BCUT2D eigenvalue weighted by atomic mass is 10.1. The predicted molar refractivity (Wildman–Crippen MR) is 70.9 cm³/mol. The van der Waals surface area contributed by atoms with E-state index >= 15 is 0 Å². The molecule has 20 heavy (non-hydrogen) atoms. The van der Waals surface area contributed by atoms with Crippen LogP contribution in [-0.2, 0) is 15.0 Å². The van der Waals surface area contributed by atoms with Crippen LogP contribution in [0, 0.1) is 5.82 Å². The van der Waals surface area contributed by atoms with Crippen molar-refractivity contribution < 1.29 is 22.7 Å². The van der Waals surface area contributed by atoms with Crippen LogP contribution in [0.3, 0.4) is 0 Å². The maximum absolute atomic E-state index is 13.5. The molecule has 0 bridgehead atoms. The van der Waals surface area contributed by atoms with Crippen molar-refractivity contribution in [2.24, 2.45) is 0 Å². The molecule has 1 heterocycles. The zero-order chi connectivity index (χ0) is 14.8. The second-order valence-electron chi connectivity index (χ2n) is 4.55. The molecule has 2 N–H and O–H groups in total. The van der Waals surface area contributed by atoms with Crippen LogP contribution >= 0.6 is 0 Å². The van der Waals surface area contributed by atoms with Gasteiger partial charge >= 0.3 is 16.2 Å². The number of anilines is 1. The van der Waals surface area contributed by atoms with Crippen molar-refractivity contribution in [3.05, 3.63) is 30.1 Å². The lowest BCUT2D eigenvalue weighted by molar-refractivity contribution is -0.142. The summed E-state index contributed by atoms with van der Waals surface area (Å²) in [6.07, 6.45) is 1.50. The molecule has 1 saturated heterocycles. The summed E-state index contributed by atoms with van der Waals surface area (Å²) < 4.78 is 40.9. The molecular formula is C12H15FN2O4S. The van der Waals surface area contributed by atoms with Crippen LogP contribution in [0.15, 0.2) is 24.3 Å². The average molecular weight is 302 g/mol. The van der Waals surface area contributed by atoms with Gasteiger partial charge in [0.25, 0.3) is 0 Å². The highest BCUT2D eigenvalue weighted by Gasteiger charge is 2.37. The van der Waals surface area contributed by atoms with E-state index in [4.69, 9.17) is 5.11 Å². The number of halogens is 1. The third-order valence-electron chi connectivity index (χ3n) is 3.16. The average Bonchev–Trinajstić information content (AvgIpc) is 2.41. The Balaban J connectivity index is 2.25. The Morgan fingerprint density at radius 3 is 2.70 bits per heavy atom. The summed E-state index contributed by atoms with van der Waals surface area (Å²) in [6, 6.07) is 4.24. The zero-order valence-electron chi connectivity index (χ0n) is 10.6. The maximum atomic E-state index is 13.5. The highest BCUT2D eigenvalue weighted by molar-refractivity contribution is 7.90. The highest BCUT2D eigenvalue weighted by Crippen LogP contribution is 2.23. The zero-order valence-corrected chi connectivity index (χ0v) is 11.4. The van der Waals surface area contributed by atoms with E-state index < -0.39 is 28.0 Å². The van der Waals surface area contributed by atoms with E-state index in [1.165, 1.54) is 18.2 Å². The van der Waals surface area contributed by atoms with E-state index in [0.717, 1.165) is 10.4 Å². The van der Waals surface area contributed by atoms with E-state index in [2.05, 4.69) is 4.72 Å². The second kappa shape index (κ2) is 5.76. The van der Waals surface area contributed by atoms with E-state index in [1.807, 2.05) is 0 Å². The number of piperidine rings is 1. The monoisotopic (exact) mass is 302 g/mol. The minimum absolute atomic E-state index is 0.112. The van der Waals surface area contributed by atoms with E-state index in [-0.39, 0.29) is 18.7 Å². The normalized spacial score (nSPS) is 20.6. The summed E-state index contributed by atoms with van der Waals surface area (Å²) in [5.74, 6) is -1.90. The van der Waals surface area contributed by atoms with Gasteiger partial charge < -0.3 is 5.11 Å². The van der Waals surface area contributed by atoms with Gasteiger partial charge in [0.1, 0.15) is 11.9 Å². The van der Waals surface area contributed by atoms with Gasteiger partial charge in [0.15, 0.2) is 0 Å². The molecule has 1 unspecified atom stereocenters. The second-order valence-corrected chi connectivity index (χ2v) is 6.17. The Labute approximate surface area is 116 Å². The molecule has 1 aliphatic heterocycles. The topological polar surface area (TPSA) is 86.7 Å². The molecule has 0 spiro atoms. The number of hydrogen-bond donors (Lipinski definition) is 2. The molecule has 0 radical (unpaired) electrons. The van der Waals surface area contributed by atoms with Crippen LogP contribution in [0.5, 0.6) is 0 Å². The van der Waals surface area contributed by atoms with Gasteiger partial charge in [0.2, 0.25) is 0 Å². The first kappa shape index (κ1) is 14.7. The summed E-state index contributed by atoms with van der Waals surface area (Å²) in [5, 5.41) is 9.08. The van der Waals surface area contributed by atoms with Gasteiger partial charge in [-0.2, -0.15) is 12.7 Å². The fraction of sp³-hybridized carbons (Fsp3) is 0.417. The minimum atomic E-state index is -4.09. The third kappa shape index (κ3) is 3.07. The van der Waals surface area contributed by atoms with Crippen LogP contribution in [0.25, 0.3) is 0 Å². The van der Waals surface area contributed by atoms with E-state index in [9.17, 15) is 17.6 Å². The summed E-state index contributed by atoms with van der Waals surface area (Å²) in [5.41, 5.74) is -0.192. The Kier molecular flexibility index (Phi) is 4.24. The summed E-state index contributed by atoms with van der Waals surface area (Å²) in [4.78, 5) is 11.1. The molecular weight excluding hydrogens is 287 g/mol. The van der Waals surface area contributed by atoms with Gasteiger partial charge in [-0.15, -0.1) is 0 Å². The highest BCUT2D eigenvalue weighted by atomic mass is 32.2. The lowest BCUT2D eigenvalue weighted by Crippen LogP contribution is -2.50. The van der Waals surface area contributed by atoms with E-state index in [0.29, 0.717) is 12.8 Å². The predicted octanol–water partition coefficient (Wildman–Crippen LogP) is 1.42. The molecule has 8 heteroatoms. The molecule has 0 aliphatic carbocycles. The molecule has 0 aromatic heterocycles. The number of rotatable bonds is 4. The maximum Gasteiger partial charge on any atom is 0.322 e. The molecule has 0 saturated carbocycles. The number of nitrogens with zero attached hydrogens (tertiary/aromatic N) is 1. The van der Waals surface area contributed by atoms with Crippen LogP contribution in [0.4, 0.5) is 10.1 Å². The number of aliphatic carboxylic acids is 1. The molecule has 1 aliphatic rings. The number of carboxylic acids is 1. The van der Waals surface area contributed by atoms with Crippen LogP contribution in [0.2, 0.25) is 0 Å². The molecule has 110 valence electrons. The van der Waals surface area contributed by atoms with Crippen molar-refractivity contribution in [3.63, 3.8) is 0 Å². The van der Waals surface area contributed by atoms with Crippen LogP contribution < -0.4 is 4.72 Å². The molecule has 1 fully saturated rings. The Morgan fingerprint density at radius 1 is 1.35 bits per heavy atom. The minimum Gasteiger partial charge on any atom is -0.480 e. The number of carbonyl (C=O) groups is 1. The number of para-hydroxylation sites is 1. The van der Waals surface area contributed by atoms with Crippen molar-refractivity contribution in [2.45, 2.75) is 25.3 Å². The van der Waals surface area contributed by atoms with Gasteiger partial charge in [-0.3, -0.25) is 9.52 Å². The largest absolute Gasteiger partial charge is 0.480 e. The third-order valence-corrected chi connectivity index (χ3v) is 4.69. The Bertz CT molecular complexity index is 605. The molecule has 0 amide bonds. The number of benzene rings is 1. The Hall–Kier alpha value is -1.67. The summed E-state index contributed by atoms with van der Waals surface area (Å²) in [6.45, 7) is 0.112. The lowest BCUT2D eigenvalue weighted by Gasteiger charge is -2.31. The smallest absolute Gasteiger partial charge is 0.322 e. The first-order valence-corrected chi connectivity index (χ1v) is 7.63. The van der Waals surface area contributed by atoms with Crippen LogP contribution in [0.1, 0.15) is 19.3 Å². The molecule has 1 aromatic rings. The van der Waals surface area contributed by atoms with Crippen molar-refractivity contribution in [1.29, 1.82) is 0 Å². The number of nitrogens with one attached hydrogen (secondary N) is 1. The van der Waals surface area contributed by atoms with Crippen molar-refractivity contribution in [1.82, 2.24) is 4.31 Å². The Morgan fingerprint density at radius 2 is 2.05 bits per heavy atom. The number of hydrogen-bond acceptors (Lipinski definition) is 3. The van der Waals surface area contributed by atoms with Gasteiger partial charge in [0.05, 0.1) is 5.69 Å². The molecule has 6 nitrogen and oxygen atoms in total. The van der Waals surface area contributed by atoms with Gasteiger partial charge in [0, 0.05) is 6.54 Å².